The molecule has 1 aromatic heterocycles. The average molecular weight is 302 g/mol. The molecule has 2 aromatic rings. The number of aryl methyl sites for hydroxylation is 1. The molecule has 0 spiro atoms. The van der Waals surface area contributed by atoms with E-state index in [4.69, 9.17) is 10.5 Å². The van der Waals surface area contributed by atoms with Crippen LogP contribution in [0.3, 0.4) is 0 Å². The maximum Gasteiger partial charge on any atom is 0.231 e. The summed E-state index contributed by atoms with van der Waals surface area (Å²) in [7, 11) is 1.57. The van der Waals surface area contributed by atoms with Crippen molar-refractivity contribution in [3.05, 3.63) is 40.1 Å². The van der Waals surface area contributed by atoms with E-state index in [9.17, 15) is 4.79 Å². The summed E-state index contributed by atoms with van der Waals surface area (Å²) in [6.07, 6.45) is 3.06. The molecule has 110 valence electrons. The molecule has 5 heteroatoms. The van der Waals surface area contributed by atoms with Gasteiger partial charge < -0.3 is 15.8 Å². The molecule has 0 saturated carbocycles. The molecule has 1 amide bonds. The predicted octanol–water partition coefficient (Wildman–Crippen LogP) is 3.40. The molecule has 0 bridgehead atoms. The molecule has 0 saturated heterocycles. The van der Waals surface area contributed by atoms with Crippen molar-refractivity contribution in [1.82, 2.24) is 0 Å². The Labute approximate surface area is 127 Å². The highest BCUT2D eigenvalue weighted by Crippen LogP contribution is 2.36. The SMILES string of the molecule is COc1ccc(NC(=O)C2CCCc3sccc32)cc1N. The number of amides is 1. The number of hydrogen-bond donors (Lipinski definition) is 2. The number of hydrogen-bond acceptors (Lipinski definition) is 4. The van der Waals surface area contributed by atoms with E-state index in [0.717, 1.165) is 19.3 Å². The lowest BCUT2D eigenvalue weighted by atomic mass is 9.87. The Balaban J connectivity index is 1.77. The third-order valence-electron chi connectivity index (χ3n) is 3.87. The molecule has 1 unspecified atom stereocenters. The van der Waals surface area contributed by atoms with Crippen LogP contribution in [0.5, 0.6) is 5.75 Å². The van der Waals surface area contributed by atoms with Gasteiger partial charge in [0.15, 0.2) is 0 Å². The molecule has 21 heavy (non-hydrogen) atoms. The van der Waals surface area contributed by atoms with Gasteiger partial charge in [0.2, 0.25) is 5.91 Å². The number of fused-ring (bicyclic) bond motifs is 1. The fraction of sp³-hybridized carbons (Fsp3) is 0.312. The van der Waals surface area contributed by atoms with Crippen LogP contribution in [0.2, 0.25) is 0 Å². The first kappa shape index (κ1) is 13.9. The number of carbonyl (C=O) groups excluding carboxylic acids is 1. The van der Waals surface area contributed by atoms with Crippen LogP contribution in [0, 0.1) is 0 Å². The molecule has 0 fully saturated rings. The van der Waals surface area contributed by atoms with Crippen LogP contribution >= 0.6 is 11.3 Å². The summed E-state index contributed by atoms with van der Waals surface area (Å²) < 4.78 is 5.12. The first-order valence-electron chi connectivity index (χ1n) is 6.99. The Bertz CT molecular complexity index is 666. The van der Waals surface area contributed by atoms with Crippen molar-refractivity contribution >= 4 is 28.6 Å². The van der Waals surface area contributed by atoms with Crippen LogP contribution in [0.25, 0.3) is 0 Å². The summed E-state index contributed by atoms with van der Waals surface area (Å²) in [4.78, 5) is 13.9. The third kappa shape index (κ3) is 2.74. The van der Waals surface area contributed by atoms with Crippen LogP contribution in [0.15, 0.2) is 29.6 Å². The smallest absolute Gasteiger partial charge is 0.231 e. The van der Waals surface area contributed by atoms with Crippen molar-refractivity contribution in [1.29, 1.82) is 0 Å². The summed E-state index contributed by atoms with van der Waals surface area (Å²) in [6, 6.07) is 7.38. The number of carbonyl (C=O) groups is 1. The number of anilines is 2. The average Bonchev–Trinajstić information content (AvgIpc) is 2.95. The summed E-state index contributed by atoms with van der Waals surface area (Å²) in [6.45, 7) is 0. The van der Waals surface area contributed by atoms with Crippen LogP contribution < -0.4 is 15.8 Å². The minimum Gasteiger partial charge on any atom is -0.495 e. The number of nitrogen functional groups attached to an aromatic ring is 1. The highest BCUT2D eigenvalue weighted by molar-refractivity contribution is 7.10. The molecular formula is C16H18N2O2S. The number of ether oxygens (including phenoxy) is 1. The predicted molar refractivity (Wildman–Crippen MR) is 86.0 cm³/mol. The van der Waals surface area contributed by atoms with Gasteiger partial charge >= 0.3 is 0 Å². The second kappa shape index (κ2) is 5.77. The van der Waals surface area contributed by atoms with Gasteiger partial charge in [-0.25, -0.2) is 0 Å². The van der Waals surface area contributed by atoms with Crippen molar-refractivity contribution in [3.63, 3.8) is 0 Å². The molecule has 1 aromatic carbocycles. The molecule has 3 N–H and O–H groups in total. The minimum absolute atomic E-state index is 0.0407. The van der Waals surface area contributed by atoms with Crippen molar-refractivity contribution in [2.24, 2.45) is 0 Å². The molecule has 0 radical (unpaired) electrons. The topological polar surface area (TPSA) is 64.3 Å². The number of thiophene rings is 1. The maximum absolute atomic E-state index is 12.5. The van der Waals surface area contributed by atoms with E-state index in [1.54, 1.807) is 30.6 Å². The van der Waals surface area contributed by atoms with Crippen molar-refractivity contribution in [2.45, 2.75) is 25.2 Å². The maximum atomic E-state index is 12.5. The first-order valence-corrected chi connectivity index (χ1v) is 7.87. The van der Waals surface area contributed by atoms with Gasteiger partial charge in [-0.2, -0.15) is 0 Å². The lowest BCUT2D eigenvalue weighted by Crippen LogP contribution is -2.23. The second-order valence-corrected chi connectivity index (χ2v) is 6.19. The molecular weight excluding hydrogens is 284 g/mol. The molecule has 1 atom stereocenters. The number of benzene rings is 1. The van der Waals surface area contributed by atoms with E-state index in [1.165, 1.54) is 10.4 Å². The number of rotatable bonds is 3. The summed E-state index contributed by atoms with van der Waals surface area (Å²) in [5.74, 6) is 0.605. The van der Waals surface area contributed by atoms with Gasteiger partial charge in [-0.15, -0.1) is 11.3 Å². The molecule has 4 nitrogen and oxygen atoms in total. The largest absolute Gasteiger partial charge is 0.495 e. The number of nitrogens with one attached hydrogen (secondary N) is 1. The minimum atomic E-state index is -0.0525. The molecule has 1 heterocycles. The summed E-state index contributed by atoms with van der Waals surface area (Å²) in [5, 5.41) is 5.04. The molecule has 1 aliphatic rings. The van der Waals surface area contributed by atoms with Gasteiger partial charge in [-0.05, 0) is 54.5 Å². The summed E-state index contributed by atoms with van der Waals surface area (Å²) >= 11 is 1.74. The Morgan fingerprint density at radius 3 is 3.05 bits per heavy atom. The highest BCUT2D eigenvalue weighted by atomic mass is 32.1. The first-order chi connectivity index (χ1) is 10.2. The second-order valence-electron chi connectivity index (χ2n) is 5.19. The van der Waals surface area contributed by atoms with Gasteiger partial charge in [0, 0.05) is 10.6 Å². The van der Waals surface area contributed by atoms with E-state index in [1.807, 2.05) is 6.07 Å². The fourth-order valence-corrected chi connectivity index (χ4v) is 3.79. The van der Waals surface area contributed by atoms with Crippen LogP contribution in [0.4, 0.5) is 11.4 Å². The zero-order chi connectivity index (χ0) is 14.8. The lowest BCUT2D eigenvalue weighted by molar-refractivity contribution is -0.117. The van der Waals surface area contributed by atoms with Crippen LogP contribution in [-0.4, -0.2) is 13.0 Å². The molecule has 3 rings (SSSR count). The van der Waals surface area contributed by atoms with Gasteiger partial charge in [0.05, 0.1) is 18.7 Å². The van der Waals surface area contributed by atoms with Gasteiger partial charge in [0.1, 0.15) is 5.75 Å². The van der Waals surface area contributed by atoms with Gasteiger partial charge in [0.25, 0.3) is 0 Å². The lowest BCUT2D eigenvalue weighted by Gasteiger charge is -2.22. The Morgan fingerprint density at radius 1 is 1.43 bits per heavy atom. The normalized spacial score (nSPS) is 17.1. The Hall–Kier alpha value is -2.01. The van der Waals surface area contributed by atoms with Gasteiger partial charge in [-0.3, -0.25) is 4.79 Å². The van der Waals surface area contributed by atoms with Crippen molar-refractivity contribution in [2.75, 3.05) is 18.2 Å². The zero-order valence-corrected chi connectivity index (χ0v) is 12.7. The van der Waals surface area contributed by atoms with Crippen LogP contribution in [0.1, 0.15) is 29.2 Å². The van der Waals surface area contributed by atoms with Crippen molar-refractivity contribution < 1.29 is 9.53 Å². The standard InChI is InChI=1S/C16H18N2O2S/c1-20-14-6-5-10(9-13(14)17)18-16(19)12-3-2-4-15-11(12)7-8-21-15/h5-9,12H,2-4,17H2,1H3,(H,18,19). The van der Waals surface area contributed by atoms with E-state index in [0.29, 0.717) is 17.1 Å². The van der Waals surface area contributed by atoms with Gasteiger partial charge in [-0.1, -0.05) is 0 Å². The van der Waals surface area contributed by atoms with E-state index in [2.05, 4.69) is 16.8 Å². The molecule has 1 aliphatic carbocycles. The monoisotopic (exact) mass is 302 g/mol. The zero-order valence-electron chi connectivity index (χ0n) is 11.9. The molecule has 0 aliphatic heterocycles. The Morgan fingerprint density at radius 2 is 2.29 bits per heavy atom. The van der Waals surface area contributed by atoms with E-state index < -0.39 is 0 Å². The van der Waals surface area contributed by atoms with Crippen LogP contribution in [-0.2, 0) is 11.2 Å². The van der Waals surface area contributed by atoms with E-state index in [-0.39, 0.29) is 11.8 Å². The quantitative estimate of drug-likeness (QED) is 0.854. The third-order valence-corrected chi connectivity index (χ3v) is 4.86. The van der Waals surface area contributed by atoms with Crippen molar-refractivity contribution in [3.8, 4) is 5.75 Å². The number of methoxy groups -OCH3 is 1. The fourth-order valence-electron chi connectivity index (χ4n) is 2.80. The number of nitrogens with two attached hydrogens (primary N) is 1. The Kier molecular flexibility index (Phi) is 3.84. The summed E-state index contributed by atoms with van der Waals surface area (Å²) in [5.41, 5.74) is 8.29. The highest BCUT2D eigenvalue weighted by Gasteiger charge is 2.27. The van der Waals surface area contributed by atoms with E-state index >= 15 is 0 Å².